The summed E-state index contributed by atoms with van der Waals surface area (Å²) in [5.41, 5.74) is 0. The van der Waals surface area contributed by atoms with Gasteiger partial charge in [0.1, 0.15) is 0 Å². The molecule has 0 bridgehead atoms. The molecule has 3 nitrogen and oxygen atoms in total. The van der Waals surface area contributed by atoms with Crippen LogP contribution in [0.1, 0.15) is 97.3 Å². The van der Waals surface area contributed by atoms with Crippen molar-refractivity contribution >= 4 is 5.97 Å². The standard InChI is InChI=1S/C19H38O3/c1-3-5-7-9-10-12-14-18(13-11-8-6-4-2)17-22-19(21)15-16-20/h18,20H,3-17H2,1-2H3. The minimum Gasteiger partial charge on any atom is -0.465 e. The summed E-state index contributed by atoms with van der Waals surface area (Å²) in [5.74, 6) is 0.245. The lowest BCUT2D eigenvalue weighted by atomic mass is 9.95. The highest BCUT2D eigenvalue weighted by molar-refractivity contribution is 5.69. The number of unbranched alkanes of at least 4 members (excludes halogenated alkanes) is 8. The molecule has 0 radical (unpaired) electrons. The highest BCUT2D eigenvalue weighted by Crippen LogP contribution is 2.19. The second-order valence-electron chi connectivity index (χ2n) is 6.43. The van der Waals surface area contributed by atoms with Gasteiger partial charge in [0.05, 0.1) is 19.6 Å². The maximum atomic E-state index is 11.4. The smallest absolute Gasteiger partial charge is 0.308 e. The summed E-state index contributed by atoms with van der Waals surface area (Å²) in [7, 11) is 0. The van der Waals surface area contributed by atoms with E-state index in [9.17, 15) is 4.79 Å². The SMILES string of the molecule is CCCCCCCCC(CCCCCC)COC(=O)CCO. The van der Waals surface area contributed by atoms with Crippen LogP contribution in [0.25, 0.3) is 0 Å². The van der Waals surface area contributed by atoms with Gasteiger partial charge >= 0.3 is 5.97 Å². The van der Waals surface area contributed by atoms with Gasteiger partial charge in [0, 0.05) is 0 Å². The number of aliphatic hydroxyl groups excluding tert-OH is 1. The average molecular weight is 315 g/mol. The molecule has 1 atom stereocenters. The molecule has 132 valence electrons. The largest absolute Gasteiger partial charge is 0.465 e. The minimum absolute atomic E-state index is 0.114. The van der Waals surface area contributed by atoms with Crippen LogP contribution in [0.2, 0.25) is 0 Å². The van der Waals surface area contributed by atoms with Crippen LogP contribution in [0.5, 0.6) is 0 Å². The molecule has 1 unspecified atom stereocenters. The van der Waals surface area contributed by atoms with Gasteiger partial charge in [0.25, 0.3) is 0 Å². The van der Waals surface area contributed by atoms with Crippen molar-refractivity contribution in [3.8, 4) is 0 Å². The Morgan fingerprint density at radius 1 is 0.864 bits per heavy atom. The minimum atomic E-state index is -0.260. The van der Waals surface area contributed by atoms with Crippen molar-refractivity contribution in [3.63, 3.8) is 0 Å². The molecule has 0 rings (SSSR count). The number of rotatable bonds is 16. The summed E-state index contributed by atoms with van der Waals surface area (Å²) in [5, 5.41) is 8.75. The van der Waals surface area contributed by atoms with Crippen LogP contribution in [0.4, 0.5) is 0 Å². The topological polar surface area (TPSA) is 46.5 Å². The Morgan fingerprint density at radius 3 is 1.91 bits per heavy atom. The van der Waals surface area contributed by atoms with E-state index in [1.807, 2.05) is 0 Å². The van der Waals surface area contributed by atoms with Crippen LogP contribution < -0.4 is 0 Å². The van der Waals surface area contributed by atoms with Gasteiger partial charge in [-0.1, -0.05) is 78.1 Å². The number of ether oxygens (including phenoxy) is 1. The molecule has 0 aromatic carbocycles. The highest BCUT2D eigenvalue weighted by atomic mass is 16.5. The summed E-state index contributed by atoms with van der Waals surface area (Å²) in [6.07, 6.45) is 15.4. The first-order valence-electron chi connectivity index (χ1n) is 9.51. The Labute approximate surface area is 137 Å². The third kappa shape index (κ3) is 14.4. The zero-order chi connectivity index (χ0) is 16.5. The molecule has 0 heterocycles. The lowest BCUT2D eigenvalue weighted by Crippen LogP contribution is -2.15. The van der Waals surface area contributed by atoms with Gasteiger partial charge in [-0.05, 0) is 18.8 Å². The lowest BCUT2D eigenvalue weighted by Gasteiger charge is -2.17. The number of aliphatic hydroxyl groups is 1. The van der Waals surface area contributed by atoms with Gasteiger partial charge < -0.3 is 9.84 Å². The van der Waals surface area contributed by atoms with Crippen LogP contribution in [-0.4, -0.2) is 24.3 Å². The van der Waals surface area contributed by atoms with Crippen LogP contribution in [0.3, 0.4) is 0 Å². The van der Waals surface area contributed by atoms with Gasteiger partial charge in [-0.25, -0.2) is 0 Å². The first-order valence-corrected chi connectivity index (χ1v) is 9.51. The van der Waals surface area contributed by atoms with Crippen LogP contribution >= 0.6 is 0 Å². The first-order chi connectivity index (χ1) is 10.7. The average Bonchev–Trinajstić information content (AvgIpc) is 2.51. The zero-order valence-corrected chi connectivity index (χ0v) is 14.9. The molecule has 1 N–H and O–H groups in total. The Hall–Kier alpha value is -0.570. The Morgan fingerprint density at radius 2 is 1.36 bits per heavy atom. The van der Waals surface area contributed by atoms with Gasteiger partial charge in [-0.3, -0.25) is 4.79 Å². The van der Waals surface area contributed by atoms with Crippen molar-refractivity contribution in [3.05, 3.63) is 0 Å². The van der Waals surface area contributed by atoms with E-state index < -0.39 is 0 Å². The Kier molecular flexibility index (Phi) is 16.4. The maximum absolute atomic E-state index is 11.4. The van der Waals surface area contributed by atoms with Crippen LogP contribution in [0, 0.1) is 5.92 Å². The second kappa shape index (κ2) is 16.8. The van der Waals surface area contributed by atoms with E-state index in [0.717, 1.165) is 0 Å². The van der Waals surface area contributed by atoms with Crippen LogP contribution in [0.15, 0.2) is 0 Å². The predicted octanol–water partition coefficient (Wildman–Crippen LogP) is 5.25. The highest BCUT2D eigenvalue weighted by Gasteiger charge is 2.11. The molecule has 3 heteroatoms. The summed E-state index contributed by atoms with van der Waals surface area (Å²) in [6, 6.07) is 0. The number of hydrogen-bond acceptors (Lipinski definition) is 3. The second-order valence-corrected chi connectivity index (χ2v) is 6.43. The zero-order valence-electron chi connectivity index (χ0n) is 14.9. The monoisotopic (exact) mass is 314 g/mol. The summed E-state index contributed by atoms with van der Waals surface area (Å²) in [6.45, 7) is 4.90. The third-order valence-electron chi connectivity index (χ3n) is 4.23. The molecule has 0 fully saturated rings. The molecule has 0 saturated carbocycles. The molecular weight excluding hydrogens is 276 g/mol. The number of esters is 1. The fourth-order valence-corrected chi connectivity index (χ4v) is 2.76. The molecule has 22 heavy (non-hydrogen) atoms. The number of carbonyl (C=O) groups is 1. The van der Waals surface area contributed by atoms with Crippen LogP contribution in [-0.2, 0) is 9.53 Å². The first kappa shape index (κ1) is 21.4. The molecular formula is C19H38O3. The van der Waals surface area contributed by atoms with E-state index in [1.165, 1.54) is 77.0 Å². The maximum Gasteiger partial charge on any atom is 0.308 e. The molecule has 0 aromatic rings. The van der Waals surface area contributed by atoms with Crippen molar-refractivity contribution in [2.75, 3.05) is 13.2 Å². The lowest BCUT2D eigenvalue weighted by molar-refractivity contribution is -0.145. The van der Waals surface area contributed by atoms with E-state index in [-0.39, 0.29) is 19.0 Å². The Balaban J connectivity index is 3.86. The molecule has 0 aliphatic heterocycles. The fourth-order valence-electron chi connectivity index (χ4n) is 2.76. The third-order valence-corrected chi connectivity index (χ3v) is 4.23. The summed E-state index contributed by atoms with van der Waals surface area (Å²) in [4.78, 5) is 11.4. The molecule has 0 aromatic heterocycles. The van der Waals surface area contributed by atoms with Crippen molar-refractivity contribution in [1.29, 1.82) is 0 Å². The molecule has 0 amide bonds. The van der Waals surface area contributed by atoms with E-state index in [1.54, 1.807) is 0 Å². The van der Waals surface area contributed by atoms with E-state index in [0.29, 0.717) is 12.5 Å². The quantitative estimate of drug-likeness (QED) is 0.313. The Bertz CT molecular complexity index is 241. The molecule has 0 saturated heterocycles. The van der Waals surface area contributed by atoms with E-state index in [4.69, 9.17) is 9.84 Å². The predicted molar refractivity (Wildman–Crippen MR) is 92.9 cm³/mol. The number of hydrogen-bond donors (Lipinski definition) is 1. The number of carbonyl (C=O) groups excluding carboxylic acids is 1. The van der Waals surface area contributed by atoms with Gasteiger partial charge in [0.2, 0.25) is 0 Å². The summed E-state index contributed by atoms with van der Waals surface area (Å²) >= 11 is 0. The van der Waals surface area contributed by atoms with Gasteiger partial charge in [-0.2, -0.15) is 0 Å². The van der Waals surface area contributed by atoms with Crippen molar-refractivity contribution in [2.24, 2.45) is 5.92 Å². The van der Waals surface area contributed by atoms with Gasteiger partial charge in [-0.15, -0.1) is 0 Å². The molecule has 0 aliphatic carbocycles. The normalized spacial score (nSPS) is 12.3. The fraction of sp³-hybridized carbons (Fsp3) is 0.947. The summed E-state index contributed by atoms with van der Waals surface area (Å²) < 4.78 is 5.30. The van der Waals surface area contributed by atoms with Crippen molar-refractivity contribution < 1.29 is 14.6 Å². The van der Waals surface area contributed by atoms with Gasteiger partial charge in [0.15, 0.2) is 0 Å². The van der Waals surface area contributed by atoms with E-state index >= 15 is 0 Å². The van der Waals surface area contributed by atoms with Crippen molar-refractivity contribution in [2.45, 2.75) is 97.3 Å². The van der Waals surface area contributed by atoms with Crippen molar-refractivity contribution in [1.82, 2.24) is 0 Å². The van der Waals surface area contributed by atoms with E-state index in [2.05, 4.69) is 13.8 Å². The molecule has 0 aliphatic rings. The molecule has 0 spiro atoms.